The van der Waals surface area contributed by atoms with Crippen molar-refractivity contribution in [1.29, 1.82) is 0 Å². The number of hydrogen-bond donors (Lipinski definition) is 3. The van der Waals surface area contributed by atoms with Crippen molar-refractivity contribution in [2.75, 3.05) is 19.8 Å². The van der Waals surface area contributed by atoms with Crippen LogP contribution in [-0.4, -0.2) is 47.6 Å². The van der Waals surface area contributed by atoms with Gasteiger partial charge in [-0.25, -0.2) is 0 Å². The monoisotopic (exact) mass is 259 g/mol. The summed E-state index contributed by atoms with van der Waals surface area (Å²) < 4.78 is 5.00. The van der Waals surface area contributed by atoms with Crippen LogP contribution in [0.15, 0.2) is 0 Å². The molecule has 5 nitrogen and oxygen atoms in total. The molecular weight excluding hydrogens is 234 g/mol. The predicted octanol–water partition coefficient (Wildman–Crippen LogP) is 0.441. The topological polar surface area (TPSA) is 78.8 Å². The van der Waals surface area contributed by atoms with Gasteiger partial charge in [-0.15, -0.1) is 0 Å². The molecule has 1 fully saturated rings. The van der Waals surface area contributed by atoms with Crippen molar-refractivity contribution in [3.63, 3.8) is 0 Å². The number of rotatable bonds is 6. The Bertz CT molecular complexity index is 262. The zero-order valence-corrected chi connectivity index (χ0v) is 11.3. The lowest BCUT2D eigenvalue weighted by molar-refractivity contribution is -0.151. The molecule has 0 radical (unpaired) electrons. The molecule has 5 heteroatoms. The normalized spacial score (nSPS) is 29.9. The third kappa shape index (κ3) is 4.55. The average Bonchev–Trinajstić information content (AvgIpc) is 2.37. The second-order valence-electron chi connectivity index (χ2n) is 5.22. The van der Waals surface area contributed by atoms with Gasteiger partial charge in [-0.3, -0.25) is 4.79 Å². The average molecular weight is 259 g/mol. The number of ether oxygens (including phenoxy) is 1. The van der Waals surface area contributed by atoms with Gasteiger partial charge < -0.3 is 20.3 Å². The quantitative estimate of drug-likeness (QED) is 0.603. The third-order valence-corrected chi connectivity index (χ3v) is 3.59. The van der Waals surface area contributed by atoms with Crippen LogP contribution in [0.4, 0.5) is 0 Å². The van der Waals surface area contributed by atoms with Crippen LogP contribution in [0.2, 0.25) is 0 Å². The molecule has 1 atom stereocenters. The molecule has 1 rings (SSSR count). The van der Waals surface area contributed by atoms with Gasteiger partial charge in [0.2, 0.25) is 0 Å². The lowest BCUT2D eigenvalue weighted by Gasteiger charge is -2.36. The smallest absolute Gasteiger partial charge is 0.308 e. The van der Waals surface area contributed by atoms with Crippen LogP contribution in [0.3, 0.4) is 0 Å². The van der Waals surface area contributed by atoms with E-state index in [2.05, 4.69) is 5.32 Å². The van der Waals surface area contributed by atoms with E-state index in [0.29, 0.717) is 38.8 Å². The highest BCUT2D eigenvalue weighted by molar-refractivity contribution is 5.72. The highest BCUT2D eigenvalue weighted by atomic mass is 16.5. The van der Waals surface area contributed by atoms with Crippen molar-refractivity contribution in [1.82, 2.24) is 5.32 Å². The Labute approximate surface area is 109 Å². The minimum absolute atomic E-state index is 0.0168. The van der Waals surface area contributed by atoms with E-state index in [-0.39, 0.29) is 24.5 Å². The number of hydrogen-bond acceptors (Lipinski definition) is 5. The summed E-state index contributed by atoms with van der Waals surface area (Å²) in [6.45, 7) is 4.60. The Kier molecular flexibility index (Phi) is 6.05. The molecule has 3 N–H and O–H groups in total. The van der Waals surface area contributed by atoms with Crippen LogP contribution in [0.5, 0.6) is 0 Å². The number of esters is 1. The van der Waals surface area contributed by atoms with E-state index in [4.69, 9.17) is 9.84 Å². The second kappa shape index (κ2) is 7.07. The SMILES string of the molecule is CCOC(=O)C1CCC(O)(CNC(C)CO)CC1. The van der Waals surface area contributed by atoms with E-state index in [1.807, 2.05) is 6.92 Å². The Balaban J connectivity index is 2.35. The van der Waals surface area contributed by atoms with Crippen LogP contribution in [0.25, 0.3) is 0 Å². The molecule has 18 heavy (non-hydrogen) atoms. The fourth-order valence-corrected chi connectivity index (χ4v) is 2.26. The van der Waals surface area contributed by atoms with Gasteiger partial charge in [-0.1, -0.05) is 0 Å². The van der Waals surface area contributed by atoms with Gasteiger partial charge in [0.1, 0.15) is 0 Å². The van der Waals surface area contributed by atoms with Gasteiger partial charge >= 0.3 is 5.97 Å². The summed E-state index contributed by atoms with van der Waals surface area (Å²) in [4.78, 5) is 11.6. The highest BCUT2D eigenvalue weighted by Gasteiger charge is 2.36. The molecule has 0 amide bonds. The number of carbonyl (C=O) groups excluding carboxylic acids is 1. The molecule has 0 aromatic carbocycles. The van der Waals surface area contributed by atoms with E-state index >= 15 is 0 Å². The molecule has 0 aromatic heterocycles. The maximum absolute atomic E-state index is 11.6. The van der Waals surface area contributed by atoms with E-state index in [9.17, 15) is 9.90 Å². The molecule has 0 saturated heterocycles. The van der Waals surface area contributed by atoms with Crippen LogP contribution >= 0.6 is 0 Å². The first-order chi connectivity index (χ1) is 8.50. The number of nitrogens with one attached hydrogen (secondary N) is 1. The third-order valence-electron chi connectivity index (χ3n) is 3.59. The zero-order valence-electron chi connectivity index (χ0n) is 11.3. The van der Waals surface area contributed by atoms with E-state index in [0.717, 1.165) is 0 Å². The molecule has 106 valence electrons. The highest BCUT2D eigenvalue weighted by Crippen LogP contribution is 2.32. The van der Waals surface area contributed by atoms with E-state index in [1.54, 1.807) is 6.92 Å². The molecule has 0 bridgehead atoms. The summed E-state index contributed by atoms with van der Waals surface area (Å²) in [7, 11) is 0. The lowest BCUT2D eigenvalue weighted by atomic mass is 9.78. The molecule has 1 unspecified atom stereocenters. The largest absolute Gasteiger partial charge is 0.466 e. The molecule has 0 aromatic rings. The minimum Gasteiger partial charge on any atom is -0.466 e. The molecule has 1 aliphatic rings. The van der Waals surface area contributed by atoms with E-state index < -0.39 is 5.60 Å². The van der Waals surface area contributed by atoms with Crippen molar-refractivity contribution < 1.29 is 19.7 Å². The van der Waals surface area contributed by atoms with Crippen LogP contribution < -0.4 is 5.32 Å². The summed E-state index contributed by atoms with van der Waals surface area (Å²) in [5.41, 5.74) is -0.758. The van der Waals surface area contributed by atoms with Crippen molar-refractivity contribution in [3.05, 3.63) is 0 Å². The minimum atomic E-state index is -0.758. The summed E-state index contributed by atoms with van der Waals surface area (Å²) >= 11 is 0. The molecular formula is C13H25NO4. The standard InChI is InChI=1S/C13H25NO4/c1-3-18-12(16)11-4-6-13(17,7-5-11)9-14-10(2)8-15/h10-11,14-15,17H,3-9H2,1-2H3. The Hall–Kier alpha value is -0.650. The summed E-state index contributed by atoms with van der Waals surface area (Å²) in [6, 6.07) is -0.0168. The second-order valence-corrected chi connectivity index (χ2v) is 5.22. The first kappa shape index (κ1) is 15.4. The first-order valence-electron chi connectivity index (χ1n) is 6.74. The predicted molar refractivity (Wildman–Crippen MR) is 68.1 cm³/mol. The van der Waals surface area contributed by atoms with Gasteiger partial charge in [0, 0.05) is 12.6 Å². The summed E-state index contributed by atoms with van der Waals surface area (Å²) in [6.07, 6.45) is 2.54. The van der Waals surface area contributed by atoms with Crippen molar-refractivity contribution in [2.45, 2.75) is 51.2 Å². The molecule has 0 aliphatic heterocycles. The van der Waals surface area contributed by atoms with Crippen LogP contribution in [-0.2, 0) is 9.53 Å². The Morgan fingerprint density at radius 2 is 2.11 bits per heavy atom. The maximum atomic E-state index is 11.6. The van der Waals surface area contributed by atoms with Gasteiger partial charge in [0.15, 0.2) is 0 Å². The number of carbonyl (C=O) groups is 1. The number of aliphatic hydroxyl groups is 2. The summed E-state index contributed by atoms with van der Waals surface area (Å²) in [5.74, 6) is -0.211. The molecule has 1 aliphatic carbocycles. The van der Waals surface area contributed by atoms with Gasteiger partial charge in [0.05, 0.1) is 24.7 Å². The van der Waals surface area contributed by atoms with Crippen molar-refractivity contribution in [2.24, 2.45) is 5.92 Å². The first-order valence-corrected chi connectivity index (χ1v) is 6.74. The van der Waals surface area contributed by atoms with Gasteiger partial charge in [-0.05, 0) is 39.5 Å². The van der Waals surface area contributed by atoms with Crippen molar-refractivity contribution in [3.8, 4) is 0 Å². The van der Waals surface area contributed by atoms with Gasteiger partial charge in [0.25, 0.3) is 0 Å². The summed E-state index contributed by atoms with van der Waals surface area (Å²) in [5, 5.41) is 22.4. The molecule has 1 saturated carbocycles. The van der Waals surface area contributed by atoms with Crippen LogP contribution in [0.1, 0.15) is 39.5 Å². The van der Waals surface area contributed by atoms with Gasteiger partial charge in [-0.2, -0.15) is 0 Å². The fourth-order valence-electron chi connectivity index (χ4n) is 2.26. The fraction of sp³-hybridized carbons (Fsp3) is 0.923. The lowest BCUT2D eigenvalue weighted by Crippen LogP contribution is -2.47. The Morgan fingerprint density at radius 1 is 1.50 bits per heavy atom. The van der Waals surface area contributed by atoms with Crippen LogP contribution in [0, 0.1) is 5.92 Å². The zero-order chi connectivity index (χ0) is 13.6. The van der Waals surface area contributed by atoms with E-state index in [1.165, 1.54) is 0 Å². The maximum Gasteiger partial charge on any atom is 0.308 e. The Morgan fingerprint density at radius 3 is 2.61 bits per heavy atom. The number of aliphatic hydroxyl groups excluding tert-OH is 1. The molecule has 0 spiro atoms. The molecule has 0 heterocycles. The van der Waals surface area contributed by atoms with Crippen molar-refractivity contribution >= 4 is 5.97 Å².